The van der Waals surface area contributed by atoms with E-state index < -0.39 is 10.0 Å². The highest BCUT2D eigenvalue weighted by molar-refractivity contribution is 7.98. The molecule has 5 nitrogen and oxygen atoms in total. The highest BCUT2D eigenvalue weighted by Crippen LogP contribution is 2.21. The number of benzene rings is 1. The third kappa shape index (κ3) is 4.12. The van der Waals surface area contributed by atoms with Crippen LogP contribution in [0.3, 0.4) is 0 Å². The molecule has 0 amide bonds. The van der Waals surface area contributed by atoms with Gasteiger partial charge < -0.3 is 5.32 Å². The molecule has 1 aromatic carbocycles. The van der Waals surface area contributed by atoms with Crippen molar-refractivity contribution in [2.45, 2.75) is 16.7 Å². The fourth-order valence-electron chi connectivity index (χ4n) is 1.73. The molecule has 2 rings (SSSR count). The number of nitrogens with one attached hydrogen (secondary N) is 2. The van der Waals surface area contributed by atoms with E-state index in [0.717, 1.165) is 11.4 Å². The van der Waals surface area contributed by atoms with E-state index in [0.29, 0.717) is 11.5 Å². The van der Waals surface area contributed by atoms with Crippen LogP contribution in [0.1, 0.15) is 6.92 Å². The van der Waals surface area contributed by atoms with Gasteiger partial charge in [0.1, 0.15) is 10.7 Å². The minimum absolute atomic E-state index is 0.138. The quantitative estimate of drug-likeness (QED) is 0.800. The van der Waals surface area contributed by atoms with E-state index in [2.05, 4.69) is 15.0 Å². The summed E-state index contributed by atoms with van der Waals surface area (Å²) in [5, 5.41) is 3.02. The first kappa shape index (κ1) is 15.7. The second-order valence-corrected chi connectivity index (χ2v) is 6.81. The predicted molar refractivity (Wildman–Crippen MR) is 87.4 cm³/mol. The van der Waals surface area contributed by atoms with Gasteiger partial charge in [-0.25, -0.2) is 13.4 Å². The first-order chi connectivity index (χ1) is 10.0. The average molecular weight is 323 g/mol. The van der Waals surface area contributed by atoms with Crippen molar-refractivity contribution in [3.05, 3.63) is 42.6 Å². The Morgan fingerprint density at radius 2 is 2.05 bits per heavy atom. The Hall–Kier alpha value is -1.73. The van der Waals surface area contributed by atoms with Crippen LogP contribution in [0, 0.1) is 0 Å². The maximum Gasteiger partial charge on any atom is 0.263 e. The smallest absolute Gasteiger partial charge is 0.263 e. The minimum Gasteiger partial charge on any atom is -0.370 e. The highest BCUT2D eigenvalue weighted by atomic mass is 32.2. The normalized spacial score (nSPS) is 11.1. The van der Waals surface area contributed by atoms with Gasteiger partial charge in [0.2, 0.25) is 0 Å². The van der Waals surface area contributed by atoms with Crippen molar-refractivity contribution in [3.8, 4) is 0 Å². The summed E-state index contributed by atoms with van der Waals surface area (Å²) in [5.74, 6) is 0.654. The predicted octanol–water partition coefficient (Wildman–Crippen LogP) is 3.04. The summed E-state index contributed by atoms with van der Waals surface area (Å²) in [5.41, 5.74) is 0.539. The molecule has 0 saturated carbocycles. The van der Waals surface area contributed by atoms with Gasteiger partial charge in [-0.1, -0.05) is 6.07 Å². The van der Waals surface area contributed by atoms with E-state index in [4.69, 9.17) is 0 Å². The molecule has 1 aromatic heterocycles. The second-order valence-electron chi connectivity index (χ2n) is 4.25. The lowest BCUT2D eigenvalue weighted by molar-refractivity contribution is 0.601. The molecular weight excluding hydrogens is 306 g/mol. The summed E-state index contributed by atoms with van der Waals surface area (Å²) in [7, 11) is -3.62. The third-order valence-electron chi connectivity index (χ3n) is 2.73. The number of aromatic nitrogens is 1. The van der Waals surface area contributed by atoms with Crippen LogP contribution in [0.4, 0.5) is 11.5 Å². The van der Waals surface area contributed by atoms with E-state index in [9.17, 15) is 8.42 Å². The van der Waals surface area contributed by atoms with Gasteiger partial charge in [-0.05, 0) is 43.5 Å². The molecule has 2 aromatic rings. The first-order valence-corrected chi connectivity index (χ1v) is 9.13. The summed E-state index contributed by atoms with van der Waals surface area (Å²) in [4.78, 5) is 5.21. The number of anilines is 2. The summed E-state index contributed by atoms with van der Waals surface area (Å²) in [6, 6.07) is 10.4. The molecule has 2 N–H and O–H groups in total. The van der Waals surface area contributed by atoms with Crippen molar-refractivity contribution >= 4 is 33.3 Å². The number of hydrogen-bond donors (Lipinski definition) is 2. The third-order valence-corrected chi connectivity index (χ3v) is 4.82. The lowest BCUT2D eigenvalue weighted by Crippen LogP contribution is -2.13. The second kappa shape index (κ2) is 6.82. The standard InChI is InChI=1S/C14H17N3O2S2/c1-3-15-14-8-7-13(10-16-14)21(18,19)17-11-5-4-6-12(9-11)20-2/h4-10,17H,3H2,1-2H3,(H,15,16). The topological polar surface area (TPSA) is 71.1 Å². The molecule has 0 aliphatic carbocycles. The molecule has 0 saturated heterocycles. The molecule has 0 aliphatic rings. The molecule has 21 heavy (non-hydrogen) atoms. The Morgan fingerprint density at radius 3 is 2.67 bits per heavy atom. The number of thioether (sulfide) groups is 1. The molecular formula is C14H17N3O2S2. The van der Waals surface area contributed by atoms with E-state index in [1.165, 1.54) is 12.3 Å². The maximum atomic E-state index is 12.3. The molecule has 0 atom stereocenters. The SMILES string of the molecule is CCNc1ccc(S(=O)(=O)Nc2cccc(SC)c2)cn1. The summed E-state index contributed by atoms with van der Waals surface area (Å²) >= 11 is 1.56. The van der Waals surface area contributed by atoms with Crippen LogP contribution in [0.15, 0.2) is 52.4 Å². The van der Waals surface area contributed by atoms with Crippen LogP contribution in [0.2, 0.25) is 0 Å². The van der Waals surface area contributed by atoms with Crippen LogP contribution in [0.5, 0.6) is 0 Å². The van der Waals surface area contributed by atoms with Crippen molar-refractivity contribution in [2.24, 2.45) is 0 Å². The van der Waals surface area contributed by atoms with Crippen molar-refractivity contribution < 1.29 is 8.42 Å². The van der Waals surface area contributed by atoms with Crippen molar-refractivity contribution in [2.75, 3.05) is 22.8 Å². The molecule has 0 radical (unpaired) electrons. The molecule has 0 spiro atoms. The average Bonchev–Trinajstić information content (AvgIpc) is 2.48. The van der Waals surface area contributed by atoms with Crippen LogP contribution in [0.25, 0.3) is 0 Å². The zero-order valence-corrected chi connectivity index (χ0v) is 13.5. The molecule has 0 aliphatic heterocycles. The van der Waals surface area contributed by atoms with Crippen LogP contribution in [-0.4, -0.2) is 26.2 Å². The number of hydrogen-bond acceptors (Lipinski definition) is 5. The number of sulfonamides is 1. The highest BCUT2D eigenvalue weighted by Gasteiger charge is 2.14. The fraction of sp³-hybridized carbons (Fsp3) is 0.214. The van der Waals surface area contributed by atoms with Gasteiger partial charge >= 0.3 is 0 Å². The molecule has 0 bridgehead atoms. The van der Waals surface area contributed by atoms with Gasteiger partial charge in [0, 0.05) is 23.3 Å². The van der Waals surface area contributed by atoms with Gasteiger partial charge in [-0.2, -0.15) is 0 Å². The van der Waals surface area contributed by atoms with Crippen LogP contribution in [-0.2, 0) is 10.0 Å². The van der Waals surface area contributed by atoms with Crippen molar-refractivity contribution in [1.82, 2.24) is 4.98 Å². The summed E-state index contributed by atoms with van der Waals surface area (Å²) < 4.78 is 27.1. The minimum atomic E-state index is -3.62. The zero-order valence-electron chi connectivity index (χ0n) is 11.8. The van der Waals surface area contributed by atoms with Gasteiger partial charge in [0.15, 0.2) is 0 Å². The van der Waals surface area contributed by atoms with Gasteiger partial charge in [-0.3, -0.25) is 4.72 Å². The Balaban J connectivity index is 2.21. The monoisotopic (exact) mass is 323 g/mol. The molecule has 1 heterocycles. The van der Waals surface area contributed by atoms with E-state index in [1.807, 2.05) is 25.3 Å². The number of nitrogens with zero attached hydrogens (tertiary/aromatic N) is 1. The summed E-state index contributed by atoms with van der Waals surface area (Å²) in [6.45, 7) is 2.69. The van der Waals surface area contributed by atoms with Crippen LogP contribution >= 0.6 is 11.8 Å². The molecule has 112 valence electrons. The lowest BCUT2D eigenvalue weighted by Gasteiger charge is -2.09. The van der Waals surface area contributed by atoms with E-state index in [-0.39, 0.29) is 4.90 Å². The Kier molecular flexibility index (Phi) is 5.08. The largest absolute Gasteiger partial charge is 0.370 e. The Bertz CT molecular complexity index is 700. The van der Waals surface area contributed by atoms with Crippen molar-refractivity contribution in [1.29, 1.82) is 0 Å². The maximum absolute atomic E-state index is 12.3. The Morgan fingerprint density at radius 1 is 1.24 bits per heavy atom. The lowest BCUT2D eigenvalue weighted by atomic mass is 10.3. The van der Waals surface area contributed by atoms with Gasteiger partial charge in [-0.15, -0.1) is 11.8 Å². The first-order valence-electron chi connectivity index (χ1n) is 6.42. The van der Waals surface area contributed by atoms with Crippen molar-refractivity contribution in [3.63, 3.8) is 0 Å². The molecule has 0 fully saturated rings. The number of pyridine rings is 1. The summed E-state index contributed by atoms with van der Waals surface area (Å²) in [6.07, 6.45) is 3.29. The Labute approximate surface area is 129 Å². The molecule has 7 heteroatoms. The van der Waals surface area contributed by atoms with E-state index >= 15 is 0 Å². The van der Waals surface area contributed by atoms with Crippen LogP contribution < -0.4 is 10.0 Å². The number of rotatable bonds is 6. The molecule has 0 unspecified atom stereocenters. The van der Waals surface area contributed by atoms with E-state index in [1.54, 1.807) is 30.0 Å². The van der Waals surface area contributed by atoms with Gasteiger partial charge in [0.25, 0.3) is 10.0 Å². The fourth-order valence-corrected chi connectivity index (χ4v) is 3.18. The van der Waals surface area contributed by atoms with Gasteiger partial charge in [0.05, 0.1) is 0 Å². The zero-order chi connectivity index (χ0) is 15.3.